The molecule has 0 atom stereocenters. The predicted molar refractivity (Wildman–Crippen MR) is 69.6 cm³/mol. The second-order valence-corrected chi connectivity index (χ2v) is 4.89. The van der Waals surface area contributed by atoms with Gasteiger partial charge in [-0.3, -0.25) is 14.4 Å². The van der Waals surface area contributed by atoms with E-state index in [0.717, 1.165) is 0 Å². The molecular formula is C11H14N4O3S. The molecule has 3 amide bonds. The molecule has 2 heterocycles. The molecule has 1 saturated heterocycles. The van der Waals surface area contributed by atoms with Crippen LogP contribution in [0.3, 0.4) is 0 Å². The standard InChI is InChI=1S/C11H14N4O3S/c1-2-14-4-5-15(10(18)9(14)17)7-8(16)13-11-12-3-6-19-11/h3,6H,2,4-5,7H2,1H3,(H,12,13,16). The molecule has 1 aromatic rings. The van der Waals surface area contributed by atoms with E-state index in [1.165, 1.54) is 21.1 Å². The van der Waals surface area contributed by atoms with Crippen molar-refractivity contribution in [3.8, 4) is 0 Å². The van der Waals surface area contributed by atoms with Gasteiger partial charge in [-0.1, -0.05) is 0 Å². The summed E-state index contributed by atoms with van der Waals surface area (Å²) in [6, 6.07) is 0. The van der Waals surface area contributed by atoms with E-state index in [1.807, 2.05) is 6.92 Å². The highest BCUT2D eigenvalue weighted by molar-refractivity contribution is 7.13. The summed E-state index contributed by atoms with van der Waals surface area (Å²) in [4.78, 5) is 41.8. The number of anilines is 1. The molecule has 7 nitrogen and oxygen atoms in total. The Kier molecular flexibility index (Phi) is 4.10. The highest BCUT2D eigenvalue weighted by Gasteiger charge is 2.32. The van der Waals surface area contributed by atoms with Crippen LogP contribution in [-0.4, -0.2) is 58.7 Å². The van der Waals surface area contributed by atoms with Crippen molar-refractivity contribution in [1.82, 2.24) is 14.8 Å². The van der Waals surface area contributed by atoms with Crippen molar-refractivity contribution in [2.24, 2.45) is 0 Å². The van der Waals surface area contributed by atoms with Gasteiger partial charge in [0.2, 0.25) is 5.91 Å². The monoisotopic (exact) mass is 282 g/mol. The lowest BCUT2D eigenvalue weighted by atomic mass is 10.3. The average Bonchev–Trinajstić information content (AvgIpc) is 2.88. The number of amides is 3. The second-order valence-electron chi connectivity index (χ2n) is 4.00. The largest absolute Gasteiger partial charge is 0.333 e. The molecule has 0 bridgehead atoms. The fourth-order valence-corrected chi connectivity index (χ4v) is 2.33. The van der Waals surface area contributed by atoms with Crippen molar-refractivity contribution >= 4 is 34.2 Å². The molecule has 1 N–H and O–H groups in total. The van der Waals surface area contributed by atoms with Crippen LogP contribution >= 0.6 is 11.3 Å². The van der Waals surface area contributed by atoms with Gasteiger partial charge in [0.15, 0.2) is 5.13 Å². The minimum absolute atomic E-state index is 0.123. The first-order chi connectivity index (χ1) is 9.11. The molecule has 8 heteroatoms. The van der Waals surface area contributed by atoms with Crippen LogP contribution in [0.1, 0.15) is 6.92 Å². The van der Waals surface area contributed by atoms with E-state index < -0.39 is 11.8 Å². The maximum absolute atomic E-state index is 11.8. The van der Waals surface area contributed by atoms with Crippen LogP contribution in [0, 0.1) is 0 Å². The fraction of sp³-hybridized carbons (Fsp3) is 0.455. The Morgan fingerprint density at radius 2 is 2.05 bits per heavy atom. The summed E-state index contributed by atoms with van der Waals surface area (Å²) >= 11 is 1.30. The van der Waals surface area contributed by atoms with E-state index in [1.54, 1.807) is 11.6 Å². The first kappa shape index (κ1) is 13.5. The van der Waals surface area contributed by atoms with Crippen LogP contribution in [-0.2, 0) is 14.4 Å². The highest BCUT2D eigenvalue weighted by atomic mass is 32.1. The van der Waals surface area contributed by atoms with E-state index in [0.29, 0.717) is 24.8 Å². The van der Waals surface area contributed by atoms with Crippen molar-refractivity contribution < 1.29 is 14.4 Å². The molecule has 1 fully saturated rings. The zero-order chi connectivity index (χ0) is 13.8. The topological polar surface area (TPSA) is 82.6 Å². The predicted octanol–water partition coefficient (Wildman–Crippen LogP) is -0.228. The Morgan fingerprint density at radius 3 is 2.68 bits per heavy atom. The Labute approximate surface area is 114 Å². The third-order valence-electron chi connectivity index (χ3n) is 2.79. The highest BCUT2D eigenvalue weighted by Crippen LogP contribution is 2.10. The first-order valence-corrected chi connectivity index (χ1v) is 6.77. The van der Waals surface area contributed by atoms with Gasteiger partial charge in [0, 0.05) is 31.2 Å². The summed E-state index contributed by atoms with van der Waals surface area (Å²) in [5, 5.41) is 4.80. The van der Waals surface area contributed by atoms with Gasteiger partial charge in [-0.05, 0) is 6.92 Å². The molecule has 0 aliphatic carbocycles. The average molecular weight is 282 g/mol. The molecule has 1 aromatic heterocycles. The summed E-state index contributed by atoms with van der Waals surface area (Å²) in [6.07, 6.45) is 1.58. The minimum atomic E-state index is -0.623. The number of aromatic nitrogens is 1. The molecule has 0 spiro atoms. The number of piperazine rings is 1. The number of rotatable bonds is 4. The van der Waals surface area contributed by atoms with E-state index in [9.17, 15) is 14.4 Å². The number of thiazole rings is 1. The van der Waals surface area contributed by atoms with Gasteiger partial charge in [-0.25, -0.2) is 4.98 Å². The zero-order valence-corrected chi connectivity index (χ0v) is 11.3. The maximum Gasteiger partial charge on any atom is 0.312 e. The molecule has 0 saturated carbocycles. The van der Waals surface area contributed by atoms with Crippen molar-refractivity contribution in [2.75, 3.05) is 31.5 Å². The van der Waals surface area contributed by atoms with Gasteiger partial charge in [-0.2, -0.15) is 0 Å². The summed E-state index contributed by atoms with van der Waals surface area (Å²) in [6.45, 7) is 3.04. The molecule has 102 valence electrons. The number of nitrogens with zero attached hydrogens (tertiary/aromatic N) is 3. The number of carbonyl (C=O) groups excluding carboxylic acids is 3. The summed E-state index contributed by atoms with van der Waals surface area (Å²) in [5.74, 6) is -1.51. The minimum Gasteiger partial charge on any atom is -0.333 e. The second kappa shape index (κ2) is 5.79. The number of likely N-dealkylation sites (N-methyl/N-ethyl adjacent to an activating group) is 1. The van der Waals surface area contributed by atoms with Gasteiger partial charge >= 0.3 is 11.8 Å². The van der Waals surface area contributed by atoms with Gasteiger partial charge in [0.1, 0.15) is 6.54 Å². The Balaban J connectivity index is 1.91. The quantitative estimate of drug-likeness (QED) is 0.773. The molecule has 0 unspecified atom stereocenters. The van der Waals surface area contributed by atoms with Crippen LogP contribution in [0.2, 0.25) is 0 Å². The van der Waals surface area contributed by atoms with E-state index in [-0.39, 0.29) is 12.5 Å². The van der Waals surface area contributed by atoms with Gasteiger partial charge in [0.05, 0.1) is 0 Å². The molecule has 0 aromatic carbocycles. The van der Waals surface area contributed by atoms with E-state index >= 15 is 0 Å². The third-order valence-corrected chi connectivity index (χ3v) is 3.48. The molecule has 1 aliphatic heterocycles. The van der Waals surface area contributed by atoms with Gasteiger partial charge in [0.25, 0.3) is 0 Å². The lowest BCUT2D eigenvalue weighted by Crippen LogP contribution is -2.55. The fourth-order valence-electron chi connectivity index (χ4n) is 1.78. The Morgan fingerprint density at radius 1 is 1.37 bits per heavy atom. The third kappa shape index (κ3) is 3.08. The van der Waals surface area contributed by atoms with Crippen molar-refractivity contribution in [3.63, 3.8) is 0 Å². The molecule has 1 aliphatic rings. The number of carbonyl (C=O) groups is 3. The summed E-state index contributed by atoms with van der Waals surface area (Å²) < 4.78 is 0. The van der Waals surface area contributed by atoms with Crippen LogP contribution < -0.4 is 5.32 Å². The van der Waals surface area contributed by atoms with Gasteiger partial charge in [-0.15, -0.1) is 11.3 Å². The smallest absolute Gasteiger partial charge is 0.312 e. The van der Waals surface area contributed by atoms with Crippen molar-refractivity contribution in [2.45, 2.75) is 6.92 Å². The van der Waals surface area contributed by atoms with Crippen LogP contribution in [0.4, 0.5) is 5.13 Å². The number of hydrogen-bond donors (Lipinski definition) is 1. The lowest BCUT2D eigenvalue weighted by molar-refractivity contribution is -0.156. The van der Waals surface area contributed by atoms with Crippen molar-refractivity contribution in [3.05, 3.63) is 11.6 Å². The van der Waals surface area contributed by atoms with Crippen LogP contribution in [0.15, 0.2) is 11.6 Å². The number of nitrogens with one attached hydrogen (secondary N) is 1. The molecule has 0 radical (unpaired) electrons. The molecule has 19 heavy (non-hydrogen) atoms. The number of hydrogen-bond acceptors (Lipinski definition) is 5. The van der Waals surface area contributed by atoms with Crippen LogP contribution in [0.25, 0.3) is 0 Å². The Bertz CT molecular complexity index is 488. The van der Waals surface area contributed by atoms with Gasteiger partial charge < -0.3 is 15.1 Å². The van der Waals surface area contributed by atoms with E-state index in [2.05, 4.69) is 10.3 Å². The SMILES string of the molecule is CCN1CCN(CC(=O)Nc2nccs2)C(=O)C1=O. The summed E-state index contributed by atoms with van der Waals surface area (Å²) in [5.41, 5.74) is 0. The summed E-state index contributed by atoms with van der Waals surface area (Å²) in [7, 11) is 0. The normalized spacial score (nSPS) is 15.8. The molecule has 2 rings (SSSR count). The van der Waals surface area contributed by atoms with E-state index in [4.69, 9.17) is 0 Å². The first-order valence-electron chi connectivity index (χ1n) is 5.89. The lowest BCUT2D eigenvalue weighted by Gasteiger charge is -2.32. The van der Waals surface area contributed by atoms with Crippen molar-refractivity contribution in [1.29, 1.82) is 0 Å². The molecular weight excluding hydrogens is 268 g/mol. The zero-order valence-electron chi connectivity index (χ0n) is 10.5. The van der Waals surface area contributed by atoms with Crippen LogP contribution in [0.5, 0.6) is 0 Å². The maximum atomic E-state index is 11.8. The Hall–Kier alpha value is -1.96.